The lowest BCUT2D eigenvalue weighted by Crippen LogP contribution is -2.41. The van der Waals surface area contributed by atoms with Gasteiger partial charge in [-0.1, -0.05) is 6.92 Å². The summed E-state index contributed by atoms with van der Waals surface area (Å²) >= 11 is 0. The molecular formula is C15H23N3O3. The number of hydrogen-bond acceptors (Lipinski definition) is 5. The quantitative estimate of drug-likeness (QED) is 0.894. The highest BCUT2D eigenvalue weighted by molar-refractivity contribution is 5.92. The number of nitrogens with zero attached hydrogens (tertiary/aromatic N) is 3. The van der Waals surface area contributed by atoms with Crippen LogP contribution in [0.25, 0.3) is 0 Å². The molecule has 0 bridgehead atoms. The highest BCUT2D eigenvalue weighted by Gasteiger charge is 2.39. The van der Waals surface area contributed by atoms with Gasteiger partial charge in [-0.15, -0.1) is 0 Å². The molecule has 1 N–H and O–H groups in total. The van der Waals surface area contributed by atoms with Crippen LogP contribution < -0.4 is 0 Å². The summed E-state index contributed by atoms with van der Waals surface area (Å²) in [5.74, 6) is 0.758. The summed E-state index contributed by atoms with van der Waals surface area (Å²) in [6, 6.07) is 0.0605. The van der Waals surface area contributed by atoms with Crippen LogP contribution in [-0.2, 0) is 6.42 Å². The van der Waals surface area contributed by atoms with Crippen LogP contribution in [0.15, 0.2) is 4.42 Å². The van der Waals surface area contributed by atoms with Gasteiger partial charge in [-0.25, -0.2) is 4.98 Å². The van der Waals surface area contributed by atoms with Crippen LogP contribution in [0.3, 0.4) is 0 Å². The van der Waals surface area contributed by atoms with Crippen LogP contribution in [0.4, 0.5) is 0 Å². The van der Waals surface area contributed by atoms with Crippen LogP contribution in [0.5, 0.6) is 0 Å². The largest absolute Gasteiger partial charge is 0.435 e. The van der Waals surface area contributed by atoms with Crippen molar-refractivity contribution >= 4 is 5.91 Å². The van der Waals surface area contributed by atoms with Crippen molar-refractivity contribution in [3.05, 3.63) is 17.3 Å². The molecule has 0 radical (unpaired) electrons. The maximum absolute atomic E-state index is 12.6. The Morgan fingerprint density at radius 1 is 1.38 bits per heavy atom. The van der Waals surface area contributed by atoms with Crippen LogP contribution in [0.2, 0.25) is 0 Å². The van der Waals surface area contributed by atoms with Gasteiger partial charge in [0.15, 0.2) is 5.89 Å². The first kappa shape index (κ1) is 14.5. The number of amides is 1. The monoisotopic (exact) mass is 293 g/mol. The topological polar surface area (TPSA) is 69.8 Å². The average molecular weight is 293 g/mol. The van der Waals surface area contributed by atoms with Crippen LogP contribution >= 0.6 is 0 Å². The van der Waals surface area contributed by atoms with E-state index in [4.69, 9.17) is 4.42 Å². The maximum atomic E-state index is 12.6. The molecule has 2 aliphatic heterocycles. The van der Waals surface area contributed by atoms with Crippen molar-refractivity contribution in [1.82, 2.24) is 14.8 Å². The number of aromatic nitrogens is 1. The molecule has 0 spiro atoms. The Bertz CT molecular complexity index is 522. The molecule has 3 rings (SSSR count). The highest BCUT2D eigenvalue weighted by atomic mass is 16.4. The van der Waals surface area contributed by atoms with Gasteiger partial charge in [-0.2, -0.15) is 0 Å². The molecule has 1 aromatic rings. The van der Waals surface area contributed by atoms with E-state index in [1.807, 2.05) is 6.92 Å². The molecule has 1 amide bonds. The summed E-state index contributed by atoms with van der Waals surface area (Å²) in [4.78, 5) is 20.8. The molecule has 0 saturated carbocycles. The molecule has 1 aromatic heterocycles. The van der Waals surface area contributed by atoms with E-state index < -0.39 is 6.10 Å². The summed E-state index contributed by atoms with van der Waals surface area (Å²) in [7, 11) is 0. The lowest BCUT2D eigenvalue weighted by molar-refractivity contribution is 0.0730. The van der Waals surface area contributed by atoms with Crippen molar-refractivity contribution in [2.45, 2.75) is 45.3 Å². The fourth-order valence-corrected chi connectivity index (χ4v) is 3.31. The number of carbonyl (C=O) groups is 1. The van der Waals surface area contributed by atoms with Gasteiger partial charge < -0.3 is 14.4 Å². The molecule has 2 atom stereocenters. The van der Waals surface area contributed by atoms with Crippen molar-refractivity contribution in [3.63, 3.8) is 0 Å². The average Bonchev–Trinajstić information content (AvgIpc) is 3.16. The predicted octanol–water partition coefficient (Wildman–Crippen LogP) is 0.827. The van der Waals surface area contributed by atoms with E-state index in [2.05, 4.69) is 9.88 Å². The van der Waals surface area contributed by atoms with Crippen molar-refractivity contribution in [1.29, 1.82) is 0 Å². The predicted molar refractivity (Wildman–Crippen MR) is 77.1 cm³/mol. The zero-order valence-electron chi connectivity index (χ0n) is 12.7. The van der Waals surface area contributed by atoms with E-state index in [0.29, 0.717) is 36.9 Å². The molecular weight excluding hydrogens is 270 g/mol. The summed E-state index contributed by atoms with van der Waals surface area (Å²) in [6.07, 6.45) is 2.56. The smallest absolute Gasteiger partial charge is 0.291 e. The van der Waals surface area contributed by atoms with E-state index in [-0.39, 0.29) is 11.9 Å². The minimum Gasteiger partial charge on any atom is -0.435 e. The number of aliphatic hydroxyl groups is 1. The number of rotatable bonds is 3. The van der Waals surface area contributed by atoms with E-state index in [0.717, 1.165) is 13.1 Å². The molecule has 0 unspecified atom stereocenters. The van der Waals surface area contributed by atoms with Gasteiger partial charge in [0, 0.05) is 19.5 Å². The molecule has 6 nitrogen and oxygen atoms in total. The van der Waals surface area contributed by atoms with Crippen molar-refractivity contribution < 1.29 is 14.3 Å². The number of hydrogen-bond donors (Lipinski definition) is 1. The van der Waals surface area contributed by atoms with Gasteiger partial charge in [-0.3, -0.25) is 9.69 Å². The molecule has 0 aromatic carbocycles. The van der Waals surface area contributed by atoms with Gasteiger partial charge in [0.1, 0.15) is 0 Å². The van der Waals surface area contributed by atoms with E-state index in [1.54, 1.807) is 11.8 Å². The Kier molecular flexibility index (Phi) is 3.99. The lowest BCUT2D eigenvalue weighted by Gasteiger charge is -2.25. The first-order chi connectivity index (χ1) is 10.1. The Morgan fingerprint density at radius 3 is 2.71 bits per heavy atom. The summed E-state index contributed by atoms with van der Waals surface area (Å²) in [5, 5.41) is 10.3. The van der Waals surface area contributed by atoms with Crippen LogP contribution in [-0.4, -0.2) is 64.1 Å². The fourth-order valence-electron chi connectivity index (χ4n) is 3.31. The standard InChI is InChI=1S/C15H23N3O3/c1-3-13-16-10(2)14(21-13)15(20)18-8-11(12(19)9-18)17-6-4-5-7-17/h11-12,19H,3-9H2,1-2H3/t11-,12-/m0/s1. The number of aliphatic hydroxyl groups excluding tert-OH is 1. The number of likely N-dealkylation sites (tertiary alicyclic amines) is 2. The zero-order valence-corrected chi connectivity index (χ0v) is 12.7. The van der Waals surface area contributed by atoms with Gasteiger partial charge >= 0.3 is 0 Å². The van der Waals surface area contributed by atoms with Gasteiger partial charge in [0.05, 0.1) is 17.8 Å². The Hall–Kier alpha value is -1.40. The molecule has 21 heavy (non-hydrogen) atoms. The van der Waals surface area contributed by atoms with E-state index >= 15 is 0 Å². The van der Waals surface area contributed by atoms with Crippen molar-refractivity contribution in [2.75, 3.05) is 26.2 Å². The minimum absolute atomic E-state index is 0.0605. The number of oxazole rings is 1. The molecule has 116 valence electrons. The van der Waals surface area contributed by atoms with Crippen LogP contribution in [0, 0.1) is 6.92 Å². The summed E-state index contributed by atoms with van der Waals surface area (Å²) < 4.78 is 5.54. The second kappa shape index (κ2) is 5.77. The molecule has 2 saturated heterocycles. The first-order valence-electron chi connectivity index (χ1n) is 7.77. The normalized spacial score (nSPS) is 26.7. The lowest BCUT2D eigenvalue weighted by atomic mass is 10.2. The third-order valence-corrected chi connectivity index (χ3v) is 4.49. The summed E-state index contributed by atoms with van der Waals surface area (Å²) in [6.45, 7) is 6.72. The number of carbonyl (C=O) groups excluding carboxylic acids is 1. The van der Waals surface area contributed by atoms with Crippen molar-refractivity contribution in [3.8, 4) is 0 Å². The van der Waals surface area contributed by atoms with E-state index in [9.17, 15) is 9.90 Å². The van der Waals surface area contributed by atoms with E-state index in [1.165, 1.54) is 12.8 Å². The molecule has 2 aliphatic rings. The Labute approximate surface area is 124 Å². The zero-order chi connectivity index (χ0) is 15.0. The molecule has 2 fully saturated rings. The number of aryl methyl sites for hydroxylation is 2. The van der Waals surface area contributed by atoms with Gasteiger partial charge in [0.25, 0.3) is 5.91 Å². The Morgan fingerprint density at radius 2 is 2.10 bits per heavy atom. The minimum atomic E-state index is -0.471. The molecule has 3 heterocycles. The third-order valence-electron chi connectivity index (χ3n) is 4.49. The molecule has 0 aliphatic carbocycles. The van der Waals surface area contributed by atoms with Gasteiger partial charge in [0.2, 0.25) is 5.76 Å². The highest BCUT2D eigenvalue weighted by Crippen LogP contribution is 2.23. The molecule has 6 heteroatoms. The second-order valence-corrected chi connectivity index (χ2v) is 5.96. The SMILES string of the molecule is CCc1nc(C)c(C(=O)N2C[C@H](O)[C@@H](N3CCCC3)C2)o1. The third kappa shape index (κ3) is 2.70. The Balaban J connectivity index is 1.72. The summed E-state index contributed by atoms with van der Waals surface area (Å²) in [5.41, 5.74) is 0.635. The van der Waals surface area contributed by atoms with Gasteiger partial charge in [-0.05, 0) is 32.9 Å². The second-order valence-electron chi connectivity index (χ2n) is 5.96. The maximum Gasteiger partial charge on any atom is 0.291 e. The first-order valence-corrected chi connectivity index (χ1v) is 7.77. The number of β-amino-alcohol motifs (C(OH)–C–C–N with tert-alkyl or cyclic N) is 1. The van der Waals surface area contributed by atoms with Crippen molar-refractivity contribution in [2.24, 2.45) is 0 Å². The fraction of sp³-hybridized carbons (Fsp3) is 0.733. The van der Waals surface area contributed by atoms with Crippen LogP contribution in [0.1, 0.15) is 41.9 Å².